The van der Waals surface area contributed by atoms with Gasteiger partial charge in [-0.2, -0.15) is 0 Å². The topological polar surface area (TPSA) is 29.1 Å². The van der Waals surface area contributed by atoms with Crippen LogP contribution in [0.1, 0.15) is 27.4 Å². The average Bonchev–Trinajstić information content (AvgIpc) is 2.94. The van der Waals surface area contributed by atoms with Crippen molar-refractivity contribution in [3.8, 4) is 0 Å². The van der Waals surface area contributed by atoms with E-state index in [4.69, 9.17) is 0 Å². The van der Waals surface area contributed by atoms with Crippen molar-refractivity contribution in [2.75, 3.05) is 5.32 Å². The molecule has 0 bridgehead atoms. The molecule has 1 aliphatic rings. The first-order valence-electron chi connectivity index (χ1n) is 8.05. The molecular formula is C22H17NO. The number of para-hydroxylation sites is 1. The normalized spacial score (nSPS) is 17.8. The van der Waals surface area contributed by atoms with Crippen molar-refractivity contribution in [1.82, 2.24) is 0 Å². The van der Waals surface area contributed by atoms with Crippen molar-refractivity contribution in [3.05, 3.63) is 113 Å². The van der Waals surface area contributed by atoms with Crippen LogP contribution in [0.4, 0.5) is 5.69 Å². The number of rotatable bonds is 3. The molecule has 0 aliphatic heterocycles. The number of allylic oxidation sites excluding steroid dienone is 1. The van der Waals surface area contributed by atoms with Crippen LogP contribution in [0.25, 0.3) is 0 Å². The highest BCUT2D eigenvalue weighted by molar-refractivity contribution is 6.15. The zero-order chi connectivity index (χ0) is 16.4. The first-order chi connectivity index (χ1) is 11.8. The first-order valence-corrected chi connectivity index (χ1v) is 8.05. The average molecular weight is 311 g/mol. The molecule has 116 valence electrons. The van der Waals surface area contributed by atoms with E-state index in [1.165, 1.54) is 0 Å². The van der Waals surface area contributed by atoms with Gasteiger partial charge < -0.3 is 5.32 Å². The molecule has 4 rings (SSSR count). The predicted octanol–water partition coefficient (Wildman–Crippen LogP) is 5.01. The third kappa shape index (κ3) is 2.52. The maximum Gasteiger partial charge on any atom is 0.191 e. The largest absolute Gasteiger partial charge is 0.361 e. The van der Waals surface area contributed by atoms with E-state index in [9.17, 15) is 4.79 Å². The zero-order valence-electron chi connectivity index (χ0n) is 13.1. The van der Waals surface area contributed by atoms with E-state index in [1.54, 1.807) is 0 Å². The monoisotopic (exact) mass is 311 g/mol. The molecule has 0 radical (unpaired) electrons. The second-order valence-corrected chi connectivity index (χ2v) is 5.87. The van der Waals surface area contributed by atoms with Gasteiger partial charge in [-0.05, 0) is 23.3 Å². The Hall–Kier alpha value is -3.13. The summed E-state index contributed by atoms with van der Waals surface area (Å²) in [6, 6.07) is 28.0. The zero-order valence-corrected chi connectivity index (χ0v) is 13.1. The molecule has 0 saturated carbocycles. The van der Waals surface area contributed by atoms with Gasteiger partial charge in [-0.1, -0.05) is 72.8 Å². The summed E-state index contributed by atoms with van der Waals surface area (Å²) in [5, 5.41) is 3.27. The number of carbonyl (C=O) groups excluding carboxylic acids is 1. The number of hydrogen-bond donors (Lipinski definition) is 1. The van der Waals surface area contributed by atoms with Gasteiger partial charge >= 0.3 is 0 Å². The number of ketones is 1. The molecule has 0 spiro atoms. The fourth-order valence-corrected chi connectivity index (χ4v) is 3.26. The minimum absolute atomic E-state index is 0.0221. The van der Waals surface area contributed by atoms with E-state index in [0.29, 0.717) is 0 Å². The van der Waals surface area contributed by atoms with Gasteiger partial charge in [-0.25, -0.2) is 0 Å². The van der Waals surface area contributed by atoms with Crippen LogP contribution in [0.2, 0.25) is 0 Å². The lowest BCUT2D eigenvalue weighted by Crippen LogP contribution is -2.05. The van der Waals surface area contributed by atoms with E-state index >= 15 is 0 Å². The van der Waals surface area contributed by atoms with Crippen LogP contribution in [-0.4, -0.2) is 5.78 Å². The van der Waals surface area contributed by atoms with E-state index in [2.05, 4.69) is 17.4 Å². The van der Waals surface area contributed by atoms with E-state index in [-0.39, 0.29) is 11.7 Å². The number of anilines is 1. The van der Waals surface area contributed by atoms with Crippen LogP contribution < -0.4 is 5.32 Å². The number of benzene rings is 3. The molecule has 2 nitrogen and oxygen atoms in total. The summed E-state index contributed by atoms with van der Waals surface area (Å²) in [5.74, 6) is 0.0778. The third-order valence-corrected chi connectivity index (χ3v) is 4.39. The van der Waals surface area contributed by atoms with Gasteiger partial charge in [0.2, 0.25) is 0 Å². The van der Waals surface area contributed by atoms with Crippen LogP contribution in [0.3, 0.4) is 0 Å². The molecule has 24 heavy (non-hydrogen) atoms. The molecule has 0 amide bonds. The highest BCUT2D eigenvalue weighted by Crippen LogP contribution is 2.41. The summed E-state index contributed by atoms with van der Waals surface area (Å²) in [4.78, 5) is 12.9. The number of hydrogen-bond acceptors (Lipinski definition) is 2. The lowest BCUT2D eigenvalue weighted by molar-refractivity contribution is 0.103. The molecule has 1 aliphatic carbocycles. The smallest absolute Gasteiger partial charge is 0.191 e. The van der Waals surface area contributed by atoms with Crippen molar-refractivity contribution < 1.29 is 4.79 Å². The summed E-state index contributed by atoms with van der Waals surface area (Å²) in [6.45, 7) is 0. The van der Waals surface area contributed by atoms with Crippen molar-refractivity contribution in [3.63, 3.8) is 0 Å². The predicted molar refractivity (Wildman–Crippen MR) is 97.2 cm³/mol. The minimum Gasteiger partial charge on any atom is -0.361 e. The standard InChI is InChI=1S/C22H17NO/c24-22-19-14-8-7-13-18(19)21(16-9-3-1-4-10-16)20(22)15-23-17-11-5-2-6-12-17/h1-15,21,23H/b20-15+. The Balaban J connectivity index is 1.78. The molecule has 3 aromatic carbocycles. The van der Waals surface area contributed by atoms with Gasteiger partial charge in [0.15, 0.2) is 5.78 Å². The van der Waals surface area contributed by atoms with Gasteiger partial charge in [0, 0.05) is 28.9 Å². The summed E-state index contributed by atoms with van der Waals surface area (Å²) in [7, 11) is 0. The van der Waals surface area contributed by atoms with E-state index in [0.717, 1.165) is 28.0 Å². The maximum absolute atomic E-state index is 12.9. The SMILES string of the molecule is O=C1/C(=C/Nc2ccccc2)C(c2ccccc2)c2ccccc21. The number of fused-ring (bicyclic) bond motifs is 1. The van der Waals surface area contributed by atoms with E-state index in [1.807, 2.05) is 79.0 Å². The quantitative estimate of drug-likeness (QED) is 0.689. The summed E-state index contributed by atoms with van der Waals surface area (Å²) < 4.78 is 0. The maximum atomic E-state index is 12.9. The second-order valence-electron chi connectivity index (χ2n) is 5.87. The number of Topliss-reactive ketones (excluding diaryl/α,β-unsaturated/α-hetero) is 1. The molecule has 0 heterocycles. The van der Waals surface area contributed by atoms with Gasteiger partial charge in [-0.3, -0.25) is 4.79 Å². The Labute approximate surface area is 141 Å². The Bertz CT molecular complexity index is 898. The highest BCUT2D eigenvalue weighted by atomic mass is 16.1. The lowest BCUT2D eigenvalue weighted by Gasteiger charge is -2.14. The molecule has 2 heteroatoms. The summed E-state index contributed by atoms with van der Waals surface area (Å²) in [5.41, 5.74) is 4.77. The first kappa shape index (κ1) is 14.5. The van der Waals surface area contributed by atoms with Crippen LogP contribution in [-0.2, 0) is 0 Å². The Morgan fingerprint density at radius 2 is 1.38 bits per heavy atom. The van der Waals surface area contributed by atoms with Gasteiger partial charge in [0.05, 0.1) is 0 Å². The van der Waals surface area contributed by atoms with Crippen molar-refractivity contribution in [1.29, 1.82) is 0 Å². The Morgan fingerprint density at radius 1 is 0.750 bits per heavy atom. The lowest BCUT2D eigenvalue weighted by atomic mass is 9.90. The fourth-order valence-electron chi connectivity index (χ4n) is 3.26. The molecule has 0 fully saturated rings. The van der Waals surface area contributed by atoms with Crippen molar-refractivity contribution in [2.45, 2.75) is 5.92 Å². The number of nitrogens with one attached hydrogen (secondary N) is 1. The van der Waals surface area contributed by atoms with Gasteiger partial charge in [0.25, 0.3) is 0 Å². The highest BCUT2D eigenvalue weighted by Gasteiger charge is 2.35. The van der Waals surface area contributed by atoms with Gasteiger partial charge in [0.1, 0.15) is 0 Å². The Morgan fingerprint density at radius 3 is 2.12 bits per heavy atom. The van der Waals surface area contributed by atoms with Gasteiger partial charge in [-0.15, -0.1) is 0 Å². The Kier molecular flexibility index (Phi) is 3.72. The minimum atomic E-state index is -0.0221. The molecule has 0 saturated heterocycles. The molecular weight excluding hydrogens is 294 g/mol. The molecule has 1 atom stereocenters. The van der Waals surface area contributed by atoms with E-state index < -0.39 is 0 Å². The van der Waals surface area contributed by atoms with Crippen molar-refractivity contribution in [2.24, 2.45) is 0 Å². The molecule has 3 aromatic rings. The number of carbonyl (C=O) groups is 1. The molecule has 1 unspecified atom stereocenters. The summed E-state index contributed by atoms with van der Waals surface area (Å²) >= 11 is 0. The summed E-state index contributed by atoms with van der Waals surface area (Å²) in [6.07, 6.45) is 1.86. The van der Waals surface area contributed by atoms with Crippen LogP contribution in [0.5, 0.6) is 0 Å². The van der Waals surface area contributed by atoms with Crippen LogP contribution in [0, 0.1) is 0 Å². The van der Waals surface area contributed by atoms with Crippen LogP contribution in [0.15, 0.2) is 96.7 Å². The van der Waals surface area contributed by atoms with Crippen LogP contribution >= 0.6 is 0 Å². The fraction of sp³-hybridized carbons (Fsp3) is 0.0455. The molecule has 0 aromatic heterocycles. The van der Waals surface area contributed by atoms with Crippen molar-refractivity contribution >= 4 is 11.5 Å². The third-order valence-electron chi connectivity index (χ3n) is 4.39. The molecule has 1 N–H and O–H groups in total. The second kappa shape index (κ2) is 6.17.